The molecule has 1 heterocycles. The Morgan fingerprint density at radius 1 is 1.56 bits per heavy atom. The van der Waals surface area contributed by atoms with Gasteiger partial charge in [-0.3, -0.25) is 9.48 Å². The Morgan fingerprint density at radius 2 is 2.17 bits per heavy atom. The molecular weight excluding hydrogens is 234 g/mol. The summed E-state index contributed by atoms with van der Waals surface area (Å²) in [6.07, 6.45) is 2.30. The van der Waals surface area contributed by atoms with Crippen LogP contribution in [0.3, 0.4) is 0 Å². The summed E-state index contributed by atoms with van der Waals surface area (Å²) in [5.74, 6) is -1.28. The molecule has 1 unspecified atom stereocenters. The van der Waals surface area contributed by atoms with Crippen LogP contribution in [-0.4, -0.2) is 32.3 Å². The van der Waals surface area contributed by atoms with E-state index in [0.717, 1.165) is 6.42 Å². The van der Waals surface area contributed by atoms with Crippen molar-refractivity contribution in [3.63, 3.8) is 0 Å². The summed E-state index contributed by atoms with van der Waals surface area (Å²) in [6.45, 7) is 7.54. The molecule has 6 heteroatoms. The highest BCUT2D eigenvalue weighted by molar-refractivity contribution is 5.85. The summed E-state index contributed by atoms with van der Waals surface area (Å²) in [7, 11) is 0. The number of carbonyl (C=O) groups is 2. The summed E-state index contributed by atoms with van der Waals surface area (Å²) in [5, 5.41) is 15.5. The summed E-state index contributed by atoms with van der Waals surface area (Å²) in [5.41, 5.74) is -0.349. The topological polar surface area (TPSA) is 84.2 Å². The van der Waals surface area contributed by atoms with Gasteiger partial charge >= 0.3 is 5.97 Å². The molecule has 0 bridgehead atoms. The number of carboxylic acids is 1. The maximum Gasteiger partial charge on any atom is 0.356 e. The van der Waals surface area contributed by atoms with E-state index in [1.54, 1.807) is 6.92 Å². The molecule has 0 saturated carbocycles. The lowest BCUT2D eigenvalue weighted by molar-refractivity contribution is -0.125. The molecule has 1 atom stereocenters. The predicted molar refractivity (Wildman–Crippen MR) is 66.4 cm³/mol. The van der Waals surface area contributed by atoms with Gasteiger partial charge in [-0.1, -0.05) is 6.92 Å². The lowest BCUT2D eigenvalue weighted by atomic mass is 10.0. The van der Waals surface area contributed by atoms with Crippen molar-refractivity contribution in [3.05, 3.63) is 18.0 Å². The number of rotatable bonds is 5. The normalized spacial score (nSPS) is 13.1. The van der Waals surface area contributed by atoms with E-state index in [4.69, 9.17) is 5.11 Å². The Kier molecular flexibility index (Phi) is 4.11. The molecule has 2 N–H and O–H groups in total. The van der Waals surface area contributed by atoms with Crippen molar-refractivity contribution in [2.45, 2.75) is 45.7 Å². The van der Waals surface area contributed by atoms with Crippen molar-refractivity contribution in [3.8, 4) is 0 Å². The minimum absolute atomic E-state index is 0.0654. The Hall–Kier alpha value is -1.85. The maximum atomic E-state index is 12.0. The van der Waals surface area contributed by atoms with Crippen LogP contribution in [-0.2, 0) is 4.79 Å². The zero-order chi connectivity index (χ0) is 13.9. The van der Waals surface area contributed by atoms with Crippen LogP contribution in [0.1, 0.15) is 50.6 Å². The van der Waals surface area contributed by atoms with Crippen molar-refractivity contribution < 1.29 is 14.7 Å². The molecule has 1 rings (SSSR count). The third kappa shape index (κ3) is 3.32. The number of carboxylic acid groups (broad SMARTS) is 1. The number of nitrogens with one attached hydrogen (secondary N) is 1. The zero-order valence-electron chi connectivity index (χ0n) is 11.1. The first-order valence-corrected chi connectivity index (χ1v) is 5.87. The minimum Gasteiger partial charge on any atom is -0.476 e. The fourth-order valence-corrected chi connectivity index (χ4v) is 1.31. The standard InChI is InChI=1S/C12H19N3O3/c1-5-12(3,4)13-10(16)8(2)15-7-6-9(14-15)11(17)18/h6-8H,5H2,1-4H3,(H,13,16)(H,17,18). The third-order valence-corrected chi connectivity index (χ3v) is 2.95. The smallest absolute Gasteiger partial charge is 0.356 e. The fourth-order valence-electron chi connectivity index (χ4n) is 1.31. The summed E-state index contributed by atoms with van der Waals surface area (Å²) >= 11 is 0. The van der Waals surface area contributed by atoms with Gasteiger partial charge in [0, 0.05) is 11.7 Å². The molecule has 0 fully saturated rings. The van der Waals surface area contributed by atoms with Crippen LogP contribution in [0.25, 0.3) is 0 Å². The Labute approximate surface area is 106 Å². The molecule has 0 aliphatic heterocycles. The molecule has 1 amide bonds. The van der Waals surface area contributed by atoms with Gasteiger partial charge in [-0.2, -0.15) is 5.10 Å². The Bertz CT molecular complexity index is 451. The van der Waals surface area contributed by atoms with Crippen molar-refractivity contribution in [2.75, 3.05) is 0 Å². The molecule has 0 saturated heterocycles. The third-order valence-electron chi connectivity index (χ3n) is 2.95. The van der Waals surface area contributed by atoms with E-state index in [2.05, 4.69) is 10.4 Å². The zero-order valence-corrected chi connectivity index (χ0v) is 11.1. The molecule has 0 spiro atoms. The molecular formula is C12H19N3O3. The van der Waals surface area contributed by atoms with Gasteiger partial charge in [0.1, 0.15) is 6.04 Å². The van der Waals surface area contributed by atoms with Crippen molar-refractivity contribution in [1.82, 2.24) is 15.1 Å². The molecule has 0 aliphatic rings. The number of aromatic nitrogens is 2. The monoisotopic (exact) mass is 253 g/mol. The van der Waals surface area contributed by atoms with Crippen LogP contribution >= 0.6 is 0 Å². The lowest BCUT2D eigenvalue weighted by Crippen LogP contribution is -2.45. The molecule has 0 aliphatic carbocycles. The number of aromatic carboxylic acids is 1. The number of hydrogen-bond acceptors (Lipinski definition) is 3. The van der Waals surface area contributed by atoms with E-state index < -0.39 is 12.0 Å². The van der Waals surface area contributed by atoms with E-state index in [1.165, 1.54) is 16.9 Å². The van der Waals surface area contributed by atoms with Crippen LogP contribution < -0.4 is 5.32 Å². The summed E-state index contributed by atoms with van der Waals surface area (Å²) < 4.78 is 1.35. The van der Waals surface area contributed by atoms with E-state index in [0.29, 0.717) is 0 Å². The SMILES string of the molecule is CCC(C)(C)NC(=O)C(C)n1ccc(C(=O)O)n1. The maximum absolute atomic E-state index is 12.0. The van der Waals surface area contributed by atoms with Gasteiger partial charge in [0.05, 0.1) is 0 Å². The average molecular weight is 253 g/mol. The molecule has 1 aromatic rings. The first-order chi connectivity index (χ1) is 8.26. The fraction of sp³-hybridized carbons (Fsp3) is 0.583. The molecule has 0 aromatic carbocycles. The van der Waals surface area contributed by atoms with Gasteiger partial charge in [-0.05, 0) is 33.3 Å². The second-order valence-electron chi connectivity index (χ2n) is 4.89. The van der Waals surface area contributed by atoms with E-state index in [9.17, 15) is 9.59 Å². The predicted octanol–water partition coefficient (Wildman–Crippen LogP) is 1.45. The van der Waals surface area contributed by atoms with Gasteiger partial charge in [0.25, 0.3) is 0 Å². The van der Waals surface area contributed by atoms with Crippen molar-refractivity contribution in [1.29, 1.82) is 0 Å². The average Bonchev–Trinajstić information content (AvgIpc) is 2.76. The van der Waals surface area contributed by atoms with Gasteiger partial charge in [-0.25, -0.2) is 4.79 Å². The molecule has 1 aromatic heterocycles. The van der Waals surface area contributed by atoms with Crippen LogP contribution in [0, 0.1) is 0 Å². The quantitative estimate of drug-likeness (QED) is 0.831. The highest BCUT2D eigenvalue weighted by atomic mass is 16.4. The summed E-state index contributed by atoms with van der Waals surface area (Å²) in [4.78, 5) is 22.7. The summed E-state index contributed by atoms with van der Waals surface area (Å²) in [6, 6.07) is 0.834. The van der Waals surface area contributed by atoms with E-state index >= 15 is 0 Å². The van der Waals surface area contributed by atoms with Crippen LogP contribution in [0.5, 0.6) is 0 Å². The highest BCUT2D eigenvalue weighted by Crippen LogP contribution is 2.11. The first-order valence-electron chi connectivity index (χ1n) is 5.87. The Balaban J connectivity index is 2.77. The second-order valence-corrected chi connectivity index (χ2v) is 4.89. The van der Waals surface area contributed by atoms with Crippen molar-refractivity contribution >= 4 is 11.9 Å². The van der Waals surface area contributed by atoms with Crippen molar-refractivity contribution in [2.24, 2.45) is 0 Å². The van der Waals surface area contributed by atoms with Crippen LogP contribution in [0.4, 0.5) is 0 Å². The van der Waals surface area contributed by atoms with Gasteiger partial charge in [0.15, 0.2) is 5.69 Å². The number of carbonyl (C=O) groups excluding carboxylic acids is 1. The lowest BCUT2D eigenvalue weighted by Gasteiger charge is -2.26. The van der Waals surface area contributed by atoms with E-state index in [-0.39, 0.29) is 17.1 Å². The van der Waals surface area contributed by atoms with E-state index in [1.807, 2.05) is 20.8 Å². The van der Waals surface area contributed by atoms with Gasteiger partial charge in [0.2, 0.25) is 5.91 Å². The van der Waals surface area contributed by atoms with Crippen LogP contribution in [0.15, 0.2) is 12.3 Å². The first kappa shape index (κ1) is 14.2. The number of nitrogens with zero attached hydrogens (tertiary/aromatic N) is 2. The minimum atomic E-state index is -1.10. The molecule has 6 nitrogen and oxygen atoms in total. The number of amides is 1. The number of hydrogen-bond donors (Lipinski definition) is 2. The molecule has 18 heavy (non-hydrogen) atoms. The van der Waals surface area contributed by atoms with Gasteiger partial charge < -0.3 is 10.4 Å². The highest BCUT2D eigenvalue weighted by Gasteiger charge is 2.23. The second kappa shape index (κ2) is 5.20. The van der Waals surface area contributed by atoms with Crippen LogP contribution in [0.2, 0.25) is 0 Å². The largest absolute Gasteiger partial charge is 0.476 e. The van der Waals surface area contributed by atoms with Gasteiger partial charge in [-0.15, -0.1) is 0 Å². The molecule has 100 valence electrons. The molecule has 0 radical (unpaired) electrons. The Morgan fingerprint density at radius 3 is 2.61 bits per heavy atom.